The predicted molar refractivity (Wildman–Crippen MR) is 75.5 cm³/mol. The van der Waals surface area contributed by atoms with Gasteiger partial charge in [-0.15, -0.1) is 0 Å². The van der Waals surface area contributed by atoms with Crippen LogP contribution in [0.5, 0.6) is 5.75 Å². The molecule has 3 aromatic rings. The Morgan fingerprint density at radius 3 is 2.55 bits per heavy atom. The van der Waals surface area contributed by atoms with Crippen molar-refractivity contribution in [2.75, 3.05) is 7.11 Å². The van der Waals surface area contributed by atoms with E-state index in [2.05, 4.69) is 5.10 Å². The number of rotatable bonds is 3. The normalized spacial score (nSPS) is 10.5. The lowest BCUT2D eigenvalue weighted by atomic mass is 10.2. The van der Waals surface area contributed by atoms with Gasteiger partial charge in [-0.1, -0.05) is 30.3 Å². The molecular formula is C16H13FN2O. The second kappa shape index (κ2) is 5.17. The highest BCUT2D eigenvalue weighted by Crippen LogP contribution is 2.22. The van der Waals surface area contributed by atoms with Crippen molar-refractivity contribution >= 4 is 0 Å². The molecule has 0 saturated heterocycles. The SMILES string of the molecule is COc1ccc(-n2ccc(-c3ccccc3)n2)cc1F. The molecule has 0 aliphatic rings. The maximum absolute atomic E-state index is 13.7. The molecule has 0 bridgehead atoms. The third-order valence-electron chi connectivity index (χ3n) is 3.06. The first-order chi connectivity index (χ1) is 9.78. The summed E-state index contributed by atoms with van der Waals surface area (Å²) in [5, 5.41) is 4.46. The van der Waals surface area contributed by atoms with Gasteiger partial charge in [-0.2, -0.15) is 5.10 Å². The maximum Gasteiger partial charge on any atom is 0.167 e. The molecule has 0 aliphatic carbocycles. The van der Waals surface area contributed by atoms with E-state index in [1.807, 2.05) is 42.6 Å². The van der Waals surface area contributed by atoms with Crippen molar-refractivity contribution < 1.29 is 9.13 Å². The van der Waals surface area contributed by atoms with Gasteiger partial charge in [0.1, 0.15) is 0 Å². The lowest BCUT2D eigenvalue weighted by Gasteiger charge is -2.05. The van der Waals surface area contributed by atoms with Gasteiger partial charge in [0.25, 0.3) is 0 Å². The monoisotopic (exact) mass is 268 g/mol. The summed E-state index contributed by atoms with van der Waals surface area (Å²) in [6.07, 6.45) is 1.81. The van der Waals surface area contributed by atoms with E-state index in [9.17, 15) is 4.39 Å². The zero-order valence-electron chi connectivity index (χ0n) is 11.0. The molecule has 0 unspecified atom stereocenters. The minimum absolute atomic E-state index is 0.226. The average molecular weight is 268 g/mol. The second-order valence-corrected chi connectivity index (χ2v) is 4.33. The van der Waals surface area contributed by atoms with Crippen molar-refractivity contribution in [3.05, 3.63) is 66.6 Å². The summed E-state index contributed by atoms with van der Waals surface area (Å²) in [6, 6.07) is 16.5. The summed E-state index contributed by atoms with van der Waals surface area (Å²) < 4.78 is 20.2. The standard InChI is InChI=1S/C16H13FN2O/c1-20-16-8-7-13(11-14(16)17)19-10-9-15(18-19)12-5-3-2-4-6-12/h2-11H,1H3. The lowest BCUT2D eigenvalue weighted by molar-refractivity contribution is 0.386. The van der Waals surface area contributed by atoms with E-state index < -0.39 is 5.82 Å². The lowest BCUT2D eigenvalue weighted by Crippen LogP contribution is -1.97. The summed E-state index contributed by atoms with van der Waals surface area (Å²) in [5.74, 6) is -0.175. The van der Waals surface area contributed by atoms with Crippen LogP contribution in [0.15, 0.2) is 60.8 Å². The first-order valence-corrected chi connectivity index (χ1v) is 6.23. The molecule has 0 amide bonds. The molecule has 0 atom stereocenters. The Morgan fingerprint density at radius 1 is 1.05 bits per heavy atom. The van der Waals surface area contributed by atoms with E-state index in [1.54, 1.807) is 16.8 Å². The van der Waals surface area contributed by atoms with Gasteiger partial charge in [0.2, 0.25) is 0 Å². The quantitative estimate of drug-likeness (QED) is 0.724. The fraction of sp³-hybridized carbons (Fsp3) is 0.0625. The van der Waals surface area contributed by atoms with Crippen molar-refractivity contribution in [3.63, 3.8) is 0 Å². The molecule has 1 heterocycles. The average Bonchev–Trinajstić information content (AvgIpc) is 2.98. The summed E-state index contributed by atoms with van der Waals surface area (Å²) in [7, 11) is 1.44. The number of nitrogens with zero attached hydrogens (tertiary/aromatic N) is 2. The van der Waals surface area contributed by atoms with Gasteiger partial charge < -0.3 is 4.74 Å². The van der Waals surface area contributed by atoms with E-state index in [-0.39, 0.29) is 5.75 Å². The molecule has 0 fully saturated rings. The molecule has 2 aromatic carbocycles. The molecule has 0 aliphatic heterocycles. The predicted octanol–water partition coefficient (Wildman–Crippen LogP) is 3.69. The summed E-state index contributed by atoms with van der Waals surface area (Å²) >= 11 is 0. The summed E-state index contributed by atoms with van der Waals surface area (Å²) in [5.41, 5.74) is 2.53. The Bertz CT molecular complexity index is 722. The number of aromatic nitrogens is 2. The summed E-state index contributed by atoms with van der Waals surface area (Å²) in [6.45, 7) is 0. The van der Waals surface area contributed by atoms with E-state index in [0.717, 1.165) is 11.3 Å². The Morgan fingerprint density at radius 2 is 1.85 bits per heavy atom. The van der Waals surface area contributed by atoms with Crippen LogP contribution in [0.1, 0.15) is 0 Å². The van der Waals surface area contributed by atoms with Crippen molar-refractivity contribution in [1.82, 2.24) is 9.78 Å². The topological polar surface area (TPSA) is 27.1 Å². The zero-order chi connectivity index (χ0) is 13.9. The van der Waals surface area contributed by atoms with E-state index in [4.69, 9.17) is 4.74 Å². The molecule has 20 heavy (non-hydrogen) atoms. The van der Waals surface area contributed by atoms with E-state index >= 15 is 0 Å². The van der Waals surface area contributed by atoms with Crippen LogP contribution >= 0.6 is 0 Å². The number of halogens is 1. The fourth-order valence-corrected chi connectivity index (χ4v) is 2.03. The van der Waals surface area contributed by atoms with Gasteiger partial charge in [-0.05, 0) is 18.2 Å². The third-order valence-corrected chi connectivity index (χ3v) is 3.06. The van der Waals surface area contributed by atoms with Crippen LogP contribution in [-0.4, -0.2) is 16.9 Å². The van der Waals surface area contributed by atoms with Crippen LogP contribution in [-0.2, 0) is 0 Å². The number of methoxy groups -OCH3 is 1. The minimum atomic E-state index is -0.401. The smallest absolute Gasteiger partial charge is 0.167 e. The largest absolute Gasteiger partial charge is 0.494 e. The molecule has 0 saturated carbocycles. The number of hydrogen-bond donors (Lipinski definition) is 0. The Labute approximate surface area is 116 Å². The number of hydrogen-bond acceptors (Lipinski definition) is 2. The Hall–Kier alpha value is -2.62. The third kappa shape index (κ3) is 2.28. The van der Waals surface area contributed by atoms with Crippen molar-refractivity contribution in [2.24, 2.45) is 0 Å². The van der Waals surface area contributed by atoms with Gasteiger partial charge in [0, 0.05) is 17.8 Å². The van der Waals surface area contributed by atoms with Crippen LogP contribution in [0.25, 0.3) is 16.9 Å². The number of ether oxygens (including phenoxy) is 1. The van der Waals surface area contributed by atoms with Gasteiger partial charge in [0.15, 0.2) is 11.6 Å². The highest BCUT2D eigenvalue weighted by atomic mass is 19.1. The molecule has 0 spiro atoms. The van der Waals surface area contributed by atoms with E-state index in [1.165, 1.54) is 13.2 Å². The Kier molecular flexibility index (Phi) is 3.21. The molecular weight excluding hydrogens is 255 g/mol. The molecule has 3 nitrogen and oxygen atoms in total. The van der Waals surface area contributed by atoms with Crippen LogP contribution in [0.4, 0.5) is 4.39 Å². The van der Waals surface area contributed by atoms with E-state index in [0.29, 0.717) is 5.69 Å². The highest BCUT2D eigenvalue weighted by molar-refractivity contribution is 5.58. The van der Waals surface area contributed by atoms with Crippen molar-refractivity contribution in [3.8, 4) is 22.7 Å². The summed E-state index contributed by atoms with van der Waals surface area (Å²) in [4.78, 5) is 0. The second-order valence-electron chi connectivity index (χ2n) is 4.33. The van der Waals surface area contributed by atoms with Gasteiger partial charge >= 0.3 is 0 Å². The molecule has 0 radical (unpaired) electrons. The molecule has 1 aromatic heterocycles. The van der Waals surface area contributed by atoms with Gasteiger partial charge in [-0.3, -0.25) is 0 Å². The molecule has 3 rings (SSSR count). The first kappa shape index (κ1) is 12.4. The maximum atomic E-state index is 13.7. The number of benzene rings is 2. The van der Waals surface area contributed by atoms with Crippen LogP contribution in [0.3, 0.4) is 0 Å². The molecule has 100 valence electrons. The van der Waals surface area contributed by atoms with Crippen LogP contribution < -0.4 is 4.74 Å². The van der Waals surface area contributed by atoms with Crippen molar-refractivity contribution in [2.45, 2.75) is 0 Å². The molecule has 4 heteroatoms. The highest BCUT2D eigenvalue weighted by Gasteiger charge is 2.07. The minimum Gasteiger partial charge on any atom is -0.494 e. The van der Waals surface area contributed by atoms with Crippen LogP contribution in [0, 0.1) is 5.82 Å². The van der Waals surface area contributed by atoms with Gasteiger partial charge in [-0.25, -0.2) is 9.07 Å². The fourth-order valence-electron chi connectivity index (χ4n) is 2.03. The van der Waals surface area contributed by atoms with Gasteiger partial charge in [0.05, 0.1) is 18.5 Å². The first-order valence-electron chi connectivity index (χ1n) is 6.23. The molecule has 0 N–H and O–H groups in total. The van der Waals surface area contributed by atoms with Crippen molar-refractivity contribution in [1.29, 1.82) is 0 Å². The zero-order valence-corrected chi connectivity index (χ0v) is 11.0. The Balaban J connectivity index is 1.96. The van der Waals surface area contributed by atoms with Crippen LogP contribution in [0.2, 0.25) is 0 Å².